The number of rotatable bonds is 9. The lowest BCUT2D eigenvalue weighted by Gasteiger charge is -2.36. The van der Waals surface area contributed by atoms with Gasteiger partial charge in [-0.1, -0.05) is 19.1 Å². The number of aliphatic hydroxyl groups excluding tert-OH is 1. The van der Waals surface area contributed by atoms with Gasteiger partial charge in [-0.3, -0.25) is 9.69 Å². The van der Waals surface area contributed by atoms with Gasteiger partial charge in [-0.05, 0) is 100 Å². The van der Waals surface area contributed by atoms with Crippen LogP contribution in [0.15, 0.2) is 66.7 Å². The number of anilines is 2. The summed E-state index contributed by atoms with van der Waals surface area (Å²) >= 11 is 0. The van der Waals surface area contributed by atoms with E-state index in [4.69, 9.17) is 9.47 Å². The van der Waals surface area contributed by atoms with Crippen molar-refractivity contribution < 1.29 is 47.2 Å². The Morgan fingerprint density at radius 3 is 2.29 bits per heavy atom. The van der Waals surface area contributed by atoms with Crippen molar-refractivity contribution in [3.05, 3.63) is 89.0 Å². The number of amides is 3. The minimum Gasteiger partial charge on any atom is -0.490 e. The molecule has 4 N–H and O–H groups in total. The van der Waals surface area contributed by atoms with Crippen LogP contribution >= 0.6 is 0 Å². The monoisotopic (exact) mass is 728 g/mol. The number of carboxylic acid groups (broad SMARTS) is 1. The quantitative estimate of drug-likeness (QED) is 0.185. The lowest BCUT2D eigenvalue weighted by molar-refractivity contribution is -0.137. The number of carboxylic acids is 1. The molecule has 0 aliphatic carbocycles. The summed E-state index contributed by atoms with van der Waals surface area (Å²) in [5, 5.41) is 24.6. The molecule has 11 nitrogen and oxygen atoms in total. The number of urea groups is 1. The number of hydrogen-bond donors (Lipinski definition) is 4. The molecule has 3 aromatic rings. The van der Waals surface area contributed by atoms with E-state index in [1.54, 1.807) is 48.2 Å². The number of benzene rings is 3. The summed E-state index contributed by atoms with van der Waals surface area (Å²) in [7, 11) is 1.95. The summed E-state index contributed by atoms with van der Waals surface area (Å²) in [5.74, 6) is -1.29. The zero-order valence-corrected chi connectivity index (χ0v) is 29.8. The molecule has 282 valence electrons. The third-order valence-corrected chi connectivity index (χ3v) is 8.92. The second-order valence-corrected chi connectivity index (χ2v) is 13.4. The van der Waals surface area contributed by atoms with Gasteiger partial charge in [0.1, 0.15) is 5.75 Å². The van der Waals surface area contributed by atoms with Crippen LogP contribution < -0.4 is 15.4 Å². The molecule has 3 amide bonds. The minimum atomic E-state index is -4.51. The Hall–Kier alpha value is -4.66. The van der Waals surface area contributed by atoms with Gasteiger partial charge < -0.3 is 35.2 Å². The standard InChI is InChI=1S/C38H47F3N4O7/c1-24-20-45(25(2)23-46)35(47)32-19-31(43-37(50)42-30-14-12-29(13-15-30)38(39,40)41)16-17-33(32)52-26(3)7-5-6-18-51-34(24)22-44(4)21-27-8-10-28(11-9-27)36(48)49/h8-17,19,24-26,34,46H,5-7,18,20-23H2,1-4H3,(H,48,49)(H2,42,43,50)/t24-,25+,26-,34-/m1/s1. The minimum absolute atomic E-state index is 0.146. The van der Waals surface area contributed by atoms with Crippen LogP contribution in [0.4, 0.5) is 29.3 Å². The van der Waals surface area contributed by atoms with Crippen LogP contribution in [-0.2, 0) is 17.5 Å². The molecule has 0 aromatic heterocycles. The average Bonchev–Trinajstić information content (AvgIpc) is 3.09. The Balaban J connectivity index is 1.55. The molecule has 52 heavy (non-hydrogen) atoms. The number of nitrogens with zero attached hydrogens (tertiary/aromatic N) is 2. The summed E-state index contributed by atoms with van der Waals surface area (Å²) in [6.07, 6.45) is -2.76. The number of carbonyl (C=O) groups excluding carboxylic acids is 2. The Kier molecular flexibility index (Phi) is 14.0. The van der Waals surface area contributed by atoms with Crippen LogP contribution in [-0.4, -0.2) is 89.5 Å². The number of nitrogens with one attached hydrogen (secondary N) is 2. The zero-order valence-electron chi connectivity index (χ0n) is 29.8. The van der Waals surface area contributed by atoms with Crippen LogP contribution in [0.5, 0.6) is 5.75 Å². The first-order valence-corrected chi connectivity index (χ1v) is 17.2. The van der Waals surface area contributed by atoms with Crippen molar-refractivity contribution in [2.24, 2.45) is 5.92 Å². The Morgan fingerprint density at radius 1 is 1.00 bits per heavy atom. The van der Waals surface area contributed by atoms with E-state index in [0.29, 0.717) is 31.9 Å². The number of carbonyl (C=O) groups is 3. The van der Waals surface area contributed by atoms with E-state index in [1.165, 1.54) is 6.07 Å². The molecular formula is C38H47F3N4O7. The van der Waals surface area contributed by atoms with Crippen molar-refractivity contribution in [2.45, 2.75) is 71.0 Å². The highest BCUT2D eigenvalue weighted by molar-refractivity contribution is 6.02. The summed E-state index contributed by atoms with van der Waals surface area (Å²) in [5.41, 5.74) is 0.869. The molecule has 4 atom stereocenters. The lowest BCUT2D eigenvalue weighted by atomic mass is 10.0. The van der Waals surface area contributed by atoms with Gasteiger partial charge in [0.15, 0.2) is 0 Å². The van der Waals surface area contributed by atoms with Crippen molar-refractivity contribution in [2.75, 3.05) is 44.0 Å². The van der Waals surface area contributed by atoms with Gasteiger partial charge in [0, 0.05) is 43.5 Å². The van der Waals surface area contributed by atoms with Gasteiger partial charge in [-0.15, -0.1) is 0 Å². The van der Waals surface area contributed by atoms with E-state index >= 15 is 0 Å². The van der Waals surface area contributed by atoms with E-state index < -0.39 is 35.7 Å². The summed E-state index contributed by atoms with van der Waals surface area (Å²) in [6, 6.07) is 14.1. The van der Waals surface area contributed by atoms with Gasteiger partial charge in [-0.2, -0.15) is 13.2 Å². The Morgan fingerprint density at radius 2 is 1.65 bits per heavy atom. The fourth-order valence-corrected chi connectivity index (χ4v) is 5.94. The van der Waals surface area contributed by atoms with E-state index in [9.17, 15) is 37.8 Å². The Bertz CT molecular complexity index is 1650. The number of aromatic carboxylic acids is 1. The molecule has 14 heteroatoms. The van der Waals surface area contributed by atoms with E-state index in [-0.39, 0.29) is 53.8 Å². The highest BCUT2D eigenvalue weighted by Gasteiger charge is 2.31. The Labute approximate surface area is 301 Å². The zero-order chi connectivity index (χ0) is 38.0. The maximum Gasteiger partial charge on any atom is 0.416 e. The first-order valence-electron chi connectivity index (χ1n) is 17.2. The number of likely N-dealkylation sites (N-methyl/N-ethyl adjacent to an activating group) is 1. The second-order valence-electron chi connectivity index (χ2n) is 13.4. The SMILES string of the molecule is C[C@@H]1CCCCO[C@H](CN(C)Cc2ccc(C(=O)O)cc2)[C@H](C)CN([C@@H](C)CO)C(=O)c2cc(NC(=O)Nc3ccc(C(F)(F)F)cc3)ccc2O1. The third-order valence-electron chi connectivity index (χ3n) is 8.92. The molecular weight excluding hydrogens is 681 g/mol. The molecule has 0 spiro atoms. The number of alkyl halides is 3. The number of fused-ring (bicyclic) bond motifs is 1. The molecule has 4 rings (SSSR count). The molecule has 0 radical (unpaired) electrons. The number of aliphatic hydroxyl groups is 1. The molecule has 3 aromatic carbocycles. The molecule has 0 saturated heterocycles. The van der Waals surface area contributed by atoms with Crippen molar-refractivity contribution in [1.82, 2.24) is 9.80 Å². The van der Waals surface area contributed by atoms with Gasteiger partial charge in [0.25, 0.3) is 5.91 Å². The topological polar surface area (TPSA) is 141 Å². The van der Waals surface area contributed by atoms with E-state index in [2.05, 4.69) is 15.5 Å². The van der Waals surface area contributed by atoms with Crippen LogP contribution in [0.1, 0.15) is 71.9 Å². The normalized spacial score (nSPS) is 19.6. The smallest absolute Gasteiger partial charge is 0.416 e. The molecule has 0 unspecified atom stereocenters. The molecule has 0 bridgehead atoms. The molecule has 0 fully saturated rings. The molecule has 0 saturated carbocycles. The number of hydrogen-bond acceptors (Lipinski definition) is 7. The molecule has 1 aliphatic heterocycles. The van der Waals surface area contributed by atoms with Crippen LogP contribution in [0.2, 0.25) is 0 Å². The van der Waals surface area contributed by atoms with Gasteiger partial charge in [0.05, 0.1) is 41.5 Å². The predicted octanol–water partition coefficient (Wildman–Crippen LogP) is 6.98. The van der Waals surface area contributed by atoms with Gasteiger partial charge >= 0.3 is 18.2 Å². The first-order chi connectivity index (χ1) is 24.6. The van der Waals surface area contributed by atoms with Crippen molar-refractivity contribution >= 4 is 29.3 Å². The van der Waals surface area contributed by atoms with E-state index in [1.807, 2.05) is 20.9 Å². The van der Waals surface area contributed by atoms with Crippen LogP contribution in [0.25, 0.3) is 0 Å². The maximum atomic E-state index is 14.4. The average molecular weight is 729 g/mol. The summed E-state index contributed by atoms with van der Waals surface area (Å²) in [4.78, 5) is 42.1. The second kappa shape index (κ2) is 18.2. The van der Waals surface area contributed by atoms with E-state index in [0.717, 1.165) is 42.7 Å². The van der Waals surface area contributed by atoms with Crippen molar-refractivity contribution in [3.8, 4) is 5.75 Å². The highest BCUT2D eigenvalue weighted by atomic mass is 19.4. The fraction of sp³-hybridized carbons (Fsp3) is 0.447. The molecule has 1 aliphatic rings. The van der Waals surface area contributed by atoms with Crippen molar-refractivity contribution in [3.63, 3.8) is 0 Å². The molecule has 1 heterocycles. The first kappa shape index (κ1) is 40.1. The summed E-state index contributed by atoms with van der Waals surface area (Å²) in [6.45, 7) is 7.12. The predicted molar refractivity (Wildman–Crippen MR) is 191 cm³/mol. The third kappa shape index (κ3) is 11.4. The fourth-order valence-electron chi connectivity index (χ4n) is 5.94. The number of ether oxygens (including phenoxy) is 2. The highest BCUT2D eigenvalue weighted by Crippen LogP contribution is 2.31. The van der Waals surface area contributed by atoms with Crippen molar-refractivity contribution in [1.29, 1.82) is 0 Å². The van der Waals surface area contributed by atoms with Crippen LogP contribution in [0, 0.1) is 5.92 Å². The maximum absolute atomic E-state index is 14.4. The lowest BCUT2D eigenvalue weighted by Crippen LogP contribution is -2.47. The van der Waals surface area contributed by atoms with Crippen LogP contribution in [0.3, 0.4) is 0 Å². The van der Waals surface area contributed by atoms with Gasteiger partial charge in [-0.25, -0.2) is 9.59 Å². The largest absolute Gasteiger partial charge is 0.490 e. The summed E-state index contributed by atoms with van der Waals surface area (Å²) < 4.78 is 51.5. The number of halogens is 3. The van der Waals surface area contributed by atoms with Gasteiger partial charge in [0.2, 0.25) is 0 Å².